The first kappa shape index (κ1) is 15.9. The topological polar surface area (TPSA) is 84.2 Å². The fraction of sp³-hybridized carbons (Fsp3) is 0.833. The molecule has 1 atom stereocenters. The van der Waals surface area contributed by atoms with Gasteiger partial charge < -0.3 is 16.4 Å². The van der Waals surface area contributed by atoms with E-state index in [1.165, 1.54) is 0 Å². The Balaban J connectivity index is 4.10. The normalized spacial score (nSPS) is 13.0. The summed E-state index contributed by atoms with van der Waals surface area (Å²) in [4.78, 5) is 23.2. The van der Waals surface area contributed by atoms with Gasteiger partial charge in [0.25, 0.3) is 0 Å². The molecule has 0 fully saturated rings. The van der Waals surface area contributed by atoms with E-state index in [0.29, 0.717) is 13.1 Å². The highest BCUT2D eigenvalue weighted by Crippen LogP contribution is 2.14. The number of nitrogens with one attached hydrogen (secondary N) is 2. The highest BCUT2D eigenvalue weighted by Gasteiger charge is 2.27. The maximum Gasteiger partial charge on any atom is 0.227 e. The van der Waals surface area contributed by atoms with Gasteiger partial charge in [-0.05, 0) is 33.2 Å². The first-order valence-corrected chi connectivity index (χ1v) is 6.05. The summed E-state index contributed by atoms with van der Waals surface area (Å²) >= 11 is 0. The Hall–Kier alpha value is -1.10. The second-order valence-electron chi connectivity index (χ2n) is 5.01. The Morgan fingerprint density at radius 3 is 2.41 bits per heavy atom. The lowest BCUT2D eigenvalue weighted by molar-refractivity contribution is -0.130. The van der Waals surface area contributed by atoms with E-state index >= 15 is 0 Å². The van der Waals surface area contributed by atoms with Crippen LogP contribution in [0.4, 0.5) is 0 Å². The number of rotatable bonds is 7. The molecule has 5 heteroatoms. The molecule has 0 saturated heterocycles. The molecular formula is C12H25N3O2. The van der Waals surface area contributed by atoms with Gasteiger partial charge in [-0.3, -0.25) is 9.59 Å². The van der Waals surface area contributed by atoms with Gasteiger partial charge in [0.1, 0.15) is 0 Å². The zero-order chi connectivity index (χ0) is 13.5. The van der Waals surface area contributed by atoms with Crippen LogP contribution in [0.5, 0.6) is 0 Å². The Labute approximate surface area is 104 Å². The molecule has 0 aliphatic rings. The molecule has 0 rings (SSSR count). The van der Waals surface area contributed by atoms with Gasteiger partial charge in [0.2, 0.25) is 11.8 Å². The van der Waals surface area contributed by atoms with Crippen molar-refractivity contribution in [1.82, 2.24) is 10.6 Å². The summed E-state index contributed by atoms with van der Waals surface area (Å²) in [5, 5.41) is 5.39. The van der Waals surface area contributed by atoms with Gasteiger partial charge in [-0.2, -0.15) is 0 Å². The Morgan fingerprint density at radius 1 is 1.35 bits per heavy atom. The number of amides is 2. The predicted octanol–water partition coefficient (Wildman–Crippen LogP) is 0.250. The van der Waals surface area contributed by atoms with E-state index in [1.54, 1.807) is 20.9 Å². The second-order valence-corrected chi connectivity index (χ2v) is 5.01. The third-order valence-electron chi connectivity index (χ3n) is 2.84. The van der Waals surface area contributed by atoms with Crippen LogP contribution < -0.4 is 16.4 Å². The molecule has 0 aromatic rings. The molecule has 0 aliphatic carbocycles. The highest BCUT2D eigenvalue weighted by molar-refractivity contribution is 5.83. The van der Waals surface area contributed by atoms with Gasteiger partial charge in [-0.15, -0.1) is 0 Å². The van der Waals surface area contributed by atoms with E-state index < -0.39 is 5.41 Å². The number of hydrogen-bond acceptors (Lipinski definition) is 3. The van der Waals surface area contributed by atoms with Crippen molar-refractivity contribution < 1.29 is 9.59 Å². The molecule has 0 radical (unpaired) electrons. The minimum absolute atomic E-state index is 0.0181. The molecule has 0 aromatic heterocycles. The largest absolute Gasteiger partial charge is 0.359 e. The summed E-state index contributed by atoms with van der Waals surface area (Å²) in [5.41, 5.74) is 4.81. The maximum absolute atomic E-state index is 11.7. The fourth-order valence-corrected chi connectivity index (χ4v) is 1.46. The lowest BCUT2D eigenvalue weighted by atomic mass is 9.92. The average Bonchev–Trinajstić information content (AvgIpc) is 2.31. The van der Waals surface area contributed by atoms with Gasteiger partial charge in [-0.25, -0.2) is 0 Å². The lowest BCUT2D eigenvalue weighted by Crippen LogP contribution is -2.44. The molecule has 5 nitrogen and oxygen atoms in total. The lowest BCUT2D eigenvalue weighted by Gasteiger charge is -2.23. The number of carbonyl (C=O) groups excluding carboxylic acids is 2. The summed E-state index contributed by atoms with van der Waals surface area (Å²) in [6.07, 6.45) is 1.62. The van der Waals surface area contributed by atoms with E-state index in [2.05, 4.69) is 10.6 Å². The quantitative estimate of drug-likeness (QED) is 0.599. The molecule has 0 spiro atoms. The molecule has 0 heterocycles. The minimum atomic E-state index is -0.585. The van der Waals surface area contributed by atoms with E-state index in [9.17, 15) is 9.59 Å². The summed E-state index contributed by atoms with van der Waals surface area (Å²) in [5.74, 6) is -0.151. The van der Waals surface area contributed by atoms with Crippen molar-refractivity contribution in [2.75, 3.05) is 20.1 Å². The zero-order valence-corrected chi connectivity index (χ0v) is 11.3. The van der Waals surface area contributed by atoms with Gasteiger partial charge in [0.05, 0.1) is 5.41 Å². The van der Waals surface area contributed by atoms with Crippen molar-refractivity contribution in [2.45, 2.75) is 33.6 Å². The molecule has 100 valence electrons. The molecule has 0 saturated carbocycles. The standard InChI is InChI=1S/C12H25N3O2/c1-9(6-5-7-13)10(16)15-8-12(2,3)11(17)14-4/h9H,5-8,13H2,1-4H3,(H,14,17)(H,15,16). The SMILES string of the molecule is CNC(=O)C(C)(C)CNC(=O)C(C)CCCN. The molecule has 4 N–H and O–H groups in total. The monoisotopic (exact) mass is 243 g/mol. The third kappa shape index (κ3) is 5.68. The smallest absolute Gasteiger partial charge is 0.227 e. The van der Waals surface area contributed by atoms with Crippen LogP contribution in [-0.2, 0) is 9.59 Å². The van der Waals surface area contributed by atoms with Gasteiger partial charge in [0.15, 0.2) is 0 Å². The minimum Gasteiger partial charge on any atom is -0.359 e. The van der Waals surface area contributed by atoms with Crippen LogP contribution in [0.15, 0.2) is 0 Å². The average molecular weight is 243 g/mol. The fourth-order valence-electron chi connectivity index (χ4n) is 1.46. The van der Waals surface area contributed by atoms with E-state index in [4.69, 9.17) is 5.73 Å². The summed E-state index contributed by atoms with van der Waals surface area (Å²) in [7, 11) is 1.59. The van der Waals surface area contributed by atoms with Gasteiger partial charge in [0, 0.05) is 19.5 Å². The molecule has 0 bridgehead atoms. The van der Waals surface area contributed by atoms with Crippen LogP contribution in [0, 0.1) is 11.3 Å². The molecular weight excluding hydrogens is 218 g/mol. The first-order valence-electron chi connectivity index (χ1n) is 6.05. The second kappa shape index (κ2) is 7.27. The van der Waals surface area contributed by atoms with Crippen molar-refractivity contribution in [2.24, 2.45) is 17.1 Å². The Bertz CT molecular complexity index is 264. The van der Waals surface area contributed by atoms with Gasteiger partial charge >= 0.3 is 0 Å². The van der Waals surface area contributed by atoms with Crippen LogP contribution in [-0.4, -0.2) is 32.0 Å². The summed E-state index contributed by atoms with van der Waals surface area (Å²) < 4.78 is 0. The molecule has 0 aromatic carbocycles. The maximum atomic E-state index is 11.7. The van der Waals surface area contributed by atoms with Crippen molar-refractivity contribution in [3.05, 3.63) is 0 Å². The zero-order valence-electron chi connectivity index (χ0n) is 11.3. The summed E-state index contributed by atoms with van der Waals surface area (Å²) in [6, 6.07) is 0. The van der Waals surface area contributed by atoms with Crippen LogP contribution in [0.2, 0.25) is 0 Å². The first-order chi connectivity index (χ1) is 7.85. The van der Waals surface area contributed by atoms with E-state index in [-0.39, 0.29) is 17.7 Å². The predicted molar refractivity (Wildman–Crippen MR) is 68.3 cm³/mol. The summed E-state index contributed by atoms with van der Waals surface area (Å²) in [6.45, 7) is 6.42. The molecule has 17 heavy (non-hydrogen) atoms. The van der Waals surface area contributed by atoms with Crippen LogP contribution in [0.3, 0.4) is 0 Å². The third-order valence-corrected chi connectivity index (χ3v) is 2.84. The van der Waals surface area contributed by atoms with Gasteiger partial charge in [-0.1, -0.05) is 6.92 Å². The number of carbonyl (C=O) groups is 2. The van der Waals surface area contributed by atoms with Crippen LogP contribution >= 0.6 is 0 Å². The van der Waals surface area contributed by atoms with Crippen molar-refractivity contribution in [1.29, 1.82) is 0 Å². The number of hydrogen-bond donors (Lipinski definition) is 3. The highest BCUT2D eigenvalue weighted by atomic mass is 16.2. The molecule has 2 amide bonds. The number of nitrogens with two attached hydrogens (primary N) is 1. The Kier molecular flexibility index (Phi) is 6.80. The van der Waals surface area contributed by atoms with Crippen LogP contribution in [0.1, 0.15) is 33.6 Å². The van der Waals surface area contributed by atoms with E-state index in [1.807, 2.05) is 6.92 Å². The van der Waals surface area contributed by atoms with Crippen molar-refractivity contribution in [3.8, 4) is 0 Å². The Morgan fingerprint density at radius 2 is 1.94 bits per heavy atom. The van der Waals surface area contributed by atoms with Crippen molar-refractivity contribution >= 4 is 11.8 Å². The van der Waals surface area contributed by atoms with Crippen molar-refractivity contribution in [3.63, 3.8) is 0 Å². The van der Waals surface area contributed by atoms with E-state index in [0.717, 1.165) is 12.8 Å². The molecule has 0 aliphatic heterocycles. The molecule has 1 unspecified atom stereocenters. The van der Waals surface area contributed by atoms with Crippen LogP contribution in [0.25, 0.3) is 0 Å².